The van der Waals surface area contributed by atoms with E-state index in [1.807, 2.05) is 31.2 Å². The fraction of sp³-hybridized carbons (Fsp3) is 0.333. The maximum atomic E-state index is 8.74. The molecular formula is C12H15N3O. The Morgan fingerprint density at radius 1 is 1.25 bits per heavy atom. The van der Waals surface area contributed by atoms with Gasteiger partial charge in [-0.15, -0.1) is 0 Å². The minimum atomic E-state index is 0.189. The molecule has 2 aromatic rings. The van der Waals surface area contributed by atoms with Crippen LogP contribution in [0.25, 0.3) is 10.9 Å². The zero-order valence-corrected chi connectivity index (χ0v) is 9.27. The fourth-order valence-electron chi connectivity index (χ4n) is 1.61. The van der Waals surface area contributed by atoms with E-state index in [2.05, 4.69) is 15.3 Å². The molecule has 0 bridgehead atoms. The summed E-state index contributed by atoms with van der Waals surface area (Å²) >= 11 is 0. The average molecular weight is 217 g/mol. The lowest BCUT2D eigenvalue weighted by molar-refractivity contribution is 0.292. The van der Waals surface area contributed by atoms with Gasteiger partial charge in [-0.05, 0) is 25.5 Å². The molecule has 2 rings (SSSR count). The number of aliphatic hydroxyl groups is 1. The molecule has 4 heteroatoms. The van der Waals surface area contributed by atoms with Gasteiger partial charge in [-0.25, -0.2) is 9.97 Å². The number of rotatable bonds is 4. The summed E-state index contributed by atoms with van der Waals surface area (Å²) in [5.41, 5.74) is 0.946. The van der Waals surface area contributed by atoms with Crippen molar-refractivity contribution in [2.75, 3.05) is 18.5 Å². The van der Waals surface area contributed by atoms with Crippen LogP contribution in [-0.2, 0) is 0 Å². The van der Waals surface area contributed by atoms with Crippen molar-refractivity contribution in [1.82, 2.24) is 9.97 Å². The first-order valence-corrected chi connectivity index (χ1v) is 5.39. The van der Waals surface area contributed by atoms with Crippen molar-refractivity contribution in [2.45, 2.75) is 13.3 Å². The molecule has 0 fully saturated rings. The van der Waals surface area contributed by atoms with Crippen LogP contribution < -0.4 is 5.32 Å². The molecule has 84 valence electrons. The van der Waals surface area contributed by atoms with Gasteiger partial charge in [0.1, 0.15) is 11.6 Å². The van der Waals surface area contributed by atoms with Crippen LogP contribution in [0.15, 0.2) is 24.3 Å². The Balaban J connectivity index is 2.34. The minimum Gasteiger partial charge on any atom is -0.396 e. The number of anilines is 1. The van der Waals surface area contributed by atoms with Gasteiger partial charge in [0.15, 0.2) is 0 Å². The quantitative estimate of drug-likeness (QED) is 0.766. The highest BCUT2D eigenvalue weighted by Crippen LogP contribution is 2.19. The number of benzene rings is 1. The van der Waals surface area contributed by atoms with E-state index in [9.17, 15) is 0 Å². The van der Waals surface area contributed by atoms with Crippen molar-refractivity contribution in [3.8, 4) is 0 Å². The van der Waals surface area contributed by atoms with Crippen LogP contribution in [-0.4, -0.2) is 28.2 Å². The second-order valence-electron chi connectivity index (χ2n) is 3.64. The van der Waals surface area contributed by atoms with Crippen molar-refractivity contribution in [2.24, 2.45) is 0 Å². The van der Waals surface area contributed by atoms with Gasteiger partial charge < -0.3 is 10.4 Å². The summed E-state index contributed by atoms with van der Waals surface area (Å²) in [6, 6.07) is 7.90. The molecule has 0 saturated heterocycles. The fourth-order valence-corrected chi connectivity index (χ4v) is 1.61. The van der Waals surface area contributed by atoms with Crippen LogP contribution in [0.1, 0.15) is 12.2 Å². The topological polar surface area (TPSA) is 58.0 Å². The molecule has 0 saturated carbocycles. The van der Waals surface area contributed by atoms with E-state index >= 15 is 0 Å². The highest BCUT2D eigenvalue weighted by atomic mass is 16.3. The summed E-state index contributed by atoms with van der Waals surface area (Å²) in [5, 5.41) is 13.0. The van der Waals surface area contributed by atoms with Crippen LogP contribution in [0.4, 0.5) is 5.82 Å². The highest BCUT2D eigenvalue weighted by Gasteiger charge is 2.03. The Kier molecular flexibility index (Phi) is 3.31. The van der Waals surface area contributed by atoms with Gasteiger partial charge >= 0.3 is 0 Å². The number of aromatic nitrogens is 2. The Labute approximate surface area is 94.4 Å². The summed E-state index contributed by atoms with van der Waals surface area (Å²) in [6.07, 6.45) is 0.720. The van der Waals surface area contributed by atoms with E-state index in [1.165, 1.54) is 0 Å². The number of hydrogen-bond acceptors (Lipinski definition) is 4. The third-order valence-electron chi connectivity index (χ3n) is 2.34. The van der Waals surface area contributed by atoms with E-state index in [0.29, 0.717) is 0 Å². The van der Waals surface area contributed by atoms with Crippen molar-refractivity contribution in [3.05, 3.63) is 30.1 Å². The second kappa shape index (κ2) is 4.90. The van der Waals surface area contributed by atoms with E-state index in [-0.39, 0.29) is 6.61 Å². The Hall–Kier alpha value is -1.68. The standard InChI is InChI=1S/C12H15N3O/c1-9-14-11-6-3-2-5-10(11)12(15-9)13-7-4-8-16/h2-3,5-6,16H,4,7-8H2,1H3,(H,13,14,15). The Bertz CT molecular complexity index is 485. The van der Waals surface area contributed by atoms with Crippen LogP contribution in [0.2, 0.25) is 0 Å². The predicted molar refractivity (Wildman–Crippen MR) is 64.5 cm³/mol. The monoisotopic (exact) mass is 217 g/mol. The van der Waals surface area contributed by atoms with Gasteiger partial charge in [0, 0.05) is 18.5 Å². The van der Waals surface area contributed by atoms with E-state index < -0.39 is 0 Å². The number of nitrogens with one attached hydrogen (secondary N) is 1. The molecule has 0 atom stereocenters. The third kappa shape index (κ3) is 2.28. The molecule has 0 aliphatic rings. The van der Waals surface area contributed by atoms with Crippen LogP contribution in [0.5, 0.6) is 0 Å². The molecule has 1 aromatic heterocycles. The summed E-state index contributed by atoms with van der Waals surface area (Å²) in [7, 11) is 0. The molecule has 0 unspecified atom stereocenters. The Morgan fingerprint density at radius 3 is 2.88 bits per heavy atom. The predicted octanol–water partition coefficient (Wildman–Crippen LogP) is 1.73. The molecule has 2 N–H and O–H groups in total. The molecule has 0 spiro atoms. The summed E-state index contributed by atoms with van der Waals surface area (Å²) < 4.78 is 0. The van der Waals surface area contributed by atoms with Gasteiger partial charge in [-0.3, -0.25) is 0 Å². The zero-order valence-electron chi connectivity index (χ0n) is 9.27. The number of nitrogens with zero attached hydrogens (tertiary/aromatic N) is 2. The van der Waals surface area contributed by atoms with Gasteiger partial charge in [-0.2, -0.15) is 0 Å². The molecule has 0 radical (unpaired) electrons. The highest BCUT2D eigenvalue weighted by molar-refractivity contribution is 5.88. The number of para-hydroxylation sites is 1. The van der Waals surface area contributed by atoms with Crippen molar-refractivity contribution >= 4 is 16.7 Å². The van der Waals surface area contributed by atoms with Gasteiger partial charge in [0.05, 0.1) is 5.52 Å². The van der Waals surface area contributed by atoms with Crippen molar-refractivity contribution in [1.29, 1.82) is 0 Å². The molecule has 0 amide bonds. The van der Waals surface area contributed by atoms with Crippen LogP contribution >= 0.6 is 0 Å². The van der Waals surface area contributed by atoms with E-state index in [1.54, 1.807) is 0 Å². The number of fused-ring (bicyclic) bond motifs is 1. The first-order valence-electron chi connectivity index (χ1n) is 5.39. The van der Waals surface area contributed by atoms with Gasteiger partial charge in [-0.1, -0.05) is 12.1 Å². The maximum absolute atomic E-state index is 8.74. The number of aryl methyl sites for hydroxylation is 1. The zero-order chi connectivity index (χ0) is 11.4. The lowest BCUT2D eigenvalue weighted by Crippen LogP contribution is -2.07. The molecule has 0 aliphatic carbocycles. The van der Waals surface area contributed by atoms with Gasteiger partial charge in [0.25, 0.3) is 0 Å². The number of hydrogen-bond donors (Lipinski definition) is 2. The molecule has 0 aliphatic heterocycles. The van der Waals surface area contributed by atoms with Crippen molar-refractivity contribution < 1.29 is 5.11 Å². The first-order chi connectivity index (χ1) is 7.81. The largest absolute Gasteiger partial charge is 0.396 e. The van der Waals surface area contributed by atoms with Crippen molar-refractivity contribution in [3.63, 3.8) is 0 Å². The molecule has 4 nitrogen and oxygen atoms in total. The average Bonchev–Trinajstić information content (AvgIpc) is 2.29. The molecular weight excluding hydrogens is 202 g/mol. The first kappa shape index (κ1) is 10.8. The SMILES string of the molecule is Cc1nc(NCCCO)c2ccccc2n1. The van der Waals surface area contributed by atoms with Crippen LogP contribution in [0, 0.1) is 6.92 Å². The summed E-state index contributed by atoms with van der Waals surface area (Å²) in [4.78, 5) is 8.73. The third-order valence-corrected chi connectivity index (χ3v) is 2.34. The minimum absolute atomic E-state index is 0.189. The Morgan fingerprint density at radius 2 is 2.06 bits per heavy atom. The lowest BCUT2D eigenvalue weighted by atomic mass is 10.2. The second-order valence-corrected chi connectivity index (χ2v) is 3.64. The summed E-state index contributed by atoms with van der Waals surface area (Å²) in [5.74, 6) is 1.60. The van der Waals surface area contributed by atoms with E-state index in [0.717, 1.165) is 35.5 Å². The molecule has 1 heterocycles. The molecule has 1 aromatic carbocycles. The van der Waals surface area contributed by atoms with E-state index in [4.69, 9.17) is 5.11 Å². The maximum Gasteiger partial charge on any atom is 0.137 e. The summed E-state index contributed by atoms with van der Waals surface area (Å²) in [6.45, 7) is 2.79. The molecule has 16 heavy (non-hydrogen) atoms. The number of aliphatic hydroxyl groups excluding tert-OH is 1. The normalized spacial score (nSPS) is 10.6. The lowest BCUT2D eigenvalue weighted by Gasteiger charge is -2.08. The van der Waals surface area contributed by atoms with Gasteiger partial charge in [0.2, 0.25) is 0 Å². The smallest absolute Gasteiger partial charge is 0.137 e. The van der Waals surface area contributed by atoms with Crippen LogP contribution in [0.3, 0.4) is 0 Å².